The molecule has 2 N–H and O–H groups in total. The van der Waals surface area contributed by atoms with E-state index >= 15 is 0 Å². The largest absolute Gasteiger partial charge is 0.395 e. The normalized spacial score (nSPS) is 15.4. The van der Waals surface area contributed by atoms with Gasteiger partial charge in [0.25, 0.3) is 0 Å². The first-order valence-electron chi connectivity index (χ1n) is 7.40. The zero-order valence-electron chi connectivity index (χ0n) is 12.4. The first-order valence-corrected chi connectivity index (χ1v) is 8.22. The van der Waals surface area contributed by atoms with E-state index in [0.717, 1.165) is 41.6 Å². The Labute approximate surface area is 130 Å². The molecule has 0 aliphatic carbocycles. The van der Waals surface area contributed by atoms with Gasteiger partial charge in [-0.05, 0) is 30.9 Å². The highest BCUT2D eigenvalue weighted by Gasteiger charge is 2.19. The molecule has 114 valence electrons. The number of hydrogen-bond acceptors (Lipinski definition) is 3. The van der Waals surface area contributed by atoms with Gasteiger partial charge >= 0.3 is 6.03 Å². The van der Waals surface area contributed by atoms with E-state index in [4.69, 9.17) is 5.11 Å². The van der Waals surface area contributed by atoms with Gasteiger partial charge in [0.15, 0.2) is 0 Å². The minimum Gasteiger partial charge on any atom is -0.395 e. The van der Waals surface area contributed by atoms with Crippen molar-refractivity contribution >= 4 is 17.4 Å². The van der Waals surface area contributed by atoms with Gasteiger partial charge in [-0.25, -0.2) is 4.79 Å². The monoisotopic (exact) mass is 306 g/mol. The average Bonchev–Trinajstić information content (AvgIpc) is 2.94. The van der Waals surface area contributed by atoms with Crippen LogP contribution in [-0.2, 0) is 6.54 Å². The lowest BCUT2D eigenvalue weighted by Gasteiger charge is -2.30. The minimum atomic E-state index is 0.0308. The third-order valence-electron chi connectivity index (χ3n) is 3.59. The second kappa shape index (κ2) is 8.06. The predicted octanol–water partition coefficient (Wildman–Crippen LogP) is 2.42. The van der Waals surface area contributed by atoms with Crippen molar-refractivity contribution in [3.05, 3.63) is 21.9 Å². The van der Waals surface area contributed by atoms with Crippen molar-refractivity contribution in [3.8, 4) is 11.8 Å². The molecule has 2 heterocycles. The molecule has 1 aromatic rings. The molecule has 0 spiro atoms. The fourth-order valence-electron chi connectivity index (χ4n) is 2.23. The Hall–Kier alpha value is -1.51. The molecule has 5 heteroatoms. The van der Waals surface area contributed by atoms with Crippen molar-refractivity contribution in [1.29, 1.82) is 0 Å². The third-order valence-corrected chi connectivity index (χ3v) is 4.60. The summed E-state index contributed by atoms with van der Waals surface area (Å²) in [6, 6.07) is 3.98. The quantitative estimate of drug-likeness (QED) is 0.843. The van der Waals surface area contributed by atoms with E-state index in [2.05, 4.69) is 24.1 Å². The Morgan fingerprint density at radius 2 is 2.24 bits per heavy atom. The molecule has 2 amide bonds. The van der Waals surface area contributed by atoms with Gasteiger partial charge in [0, 0.05) is 24.4 Å². The van der Waals surface area contributed by atoms with E-state index < -0.39 is 0 Å². The molecule has 1 saturated heterocycles. The van der Waals surface area contributed by atoms with E-state index in [1.165, 1.54) is 0 Å². The number of nitrogens with zero attached hydrogens (tertiary/aromatic N) is 1. The molecule has 0 saturated carbocycles. The van der Waals surface area contributed by atoms with Gasteiger partial charge in [0.05, 0.1) is 18.0 Å². The third kappa shape index (κ3) is 5.07. The molecule has 0 unspecified atom stereocenters. The minimum absolute atomic E-state index is 0.0308. The second-order valence-corrected chi connectivity index (χ2v) is 6.54. The summed E-state index contributed by atoms with van der Waals surface area (Å²) >= 11 is 1.58. The zero-order valence-corrected chi connectivity index (χ0v) is 13.2. The van der Waals surface area contributed by atoms with Crippen LogP contribution in [0.25, 0.3) is 0 Å². The Bertz CT molecular complexity index is 522. The number of urea groups is 1. The van der Waals surface area contributed by atoms with Crippen LogP contribution in [0, 0.1) is 17.8 Å². The molecule has 1 fully saturated rings. The lowest BCUT2D eigenvalue weighted by molar-refractivity contribution is 0.173. The molecule has 1 aromatic heterocycles. The molecule has 1 aliphatic heterocycles. The summed E-state index contributed by atoms with van der Waals surface area (Å²) in [5, 5.41) is 11.7. The van der Waals surface area contributed by atoms with E-state index in [0.29, 0.717) is 13.0 Å². The Kier molecular flexibility index (Phi) is 6.09. The maximum atomic E-state index is 12.1. The summed E-state index contributed by atoms with van der Waals surface area (Å²) in [6.07, 6.45) is 2.69. The van der Waals surface area contributed by atoms with Gasteiger partial charge < -0.3 is 15.3 Å². The van der Waals surface area contributed by atoms with Crippen LogP contribution >= 0.6 is 11.3 Å². The Balaban J connectivity index is 1.78. The van der Waals surface area contributed by atoms with Crippen molar-refractivity contribution in [1.82, 2.24) is 10.2 Å². The van der Waals surface area contributed by atoms with E-state index in [1.807, 2.05) is 17.0 Å². The van der Waals surface area contributed by atoms with Crippen molar-refractivity contribution in [2.75, 3.05) is 19.7 Å². The Morgan fingerprint density at radius 3 is 2.95 bits per heavy atom. The summed E-state index contributed by atoms with van der Waals surface area (Å²) in [7, 11) is 0. The number of hydrogen-bond donors (Lipinski definition) is 2. The number of carbonyl (C=O) groups excluding carboxylic acids is 1. The number of carbonyl (C=O) groups is 1. The van der Waals surface area contributed by atoms with Gasteiger partial charge in [-0.15, -0.1) is 11.3 Å². The van der Waals surface area contributed by atoms with Gasteiger partial charge in [-0.3, -0.25) is 0 Å². The van der Waals surface area contributed by atoms with Crippen LogP contribution in [-0.4, -0.2) is 35.7 Å². The number of aliphatic hydroxyl groups excluding tert-OH is 1. The molecule has 1 aliphatic rings. The SMILES string of the molecule is CC1CCN(C(=O)NCc2ccc(C#CCCO)s2)CC1. The topological polar surface area (TPSA) is 52.6 Å². The molecule has 0 bridgehead atoms. The van der Waals surface area contributed by atoms with Crippen molar-refractivity contribution in [3.63, 3.8) is 0 Å². The summed E-state index contributed by atoms with van der Waals surface area (Å²) in [5.41, 5.74) is 0. The smallest absolute Gasteiger partial charge is 0.317 e. The van der Waals surface area contributed by atoms with Crippen molar-refractivity contribution < 1.29 is 9.90 Å². The number of nitrogens with one attached hydrogen (secondary N) is 1. The van der Waals surface area contributed by atoms with Crippen LogP contribution in [0.2, 0.25) is 0 Å². The first kappa shape index (κ1) is 15.9. The lowest BCUT2D eigenvalue weighted by atomic mass is 10.00. The maximum absolute atomic E-state index is 12.1. The van der Waals surface area contributed by atoms with Crippen molar-refractivity contribution in [2.24, 2.45) is 5.92 Å². The number of thiophene rings is 1. The number of amides is 2. The lowest BCUT2D eigenvalue weighted by Crippen LogP contribution is -2.43. The number of likely N-dealkylation sites (tertiary alicyclic amines) is 1. The second-order valence-electron chi connectivity index (χ2n) is 5.37. The van der Waals surface area contributed by atoms with Crippen LogP contribution in [0.15, 0.2) is 12.1 Å². The fourth-order valence-corrected chi connectivity index (χ4v) is 3.05. The number of piperidine rings is 1. The molecular weight excluding hydrogens is 284 g/mol. The molecule has 0 aromatic carbocycles. The van der Waals surface area contributed by atoms with Gasteiger partial charge in [-0.1, -0.05) is 18.8 Å². The highest BCUT2D eigenvalue weighted by molar-refractivity contribution is 7.12. The molecule has 4 nitrogen and oxygen atoms in total. The molecule has 0 radical (unpaired) electrons. The number of aliphatic hydroxyl groups is 1. The number of rotatable bonds is 3. The highest BCUT2D eigenvalue weighted by atomic mass is 32.1. The molecule has 0 atom stereocenters. The van der Waals surface area contributed by atoms with Gasteiger partial charge in [0.1, 0.15) is 0 Å². The van der Waals surface area contributed by atoms with Gasteiger partial charge in [0.2, 0.25) is 0 Å². The van der Waals surface area contributed by atoms with Crippen LogP contribution in [0.4, 0.5) is 4.79 Å². The van der Waals surface area contributed by atoms with E-state index in [9.17, 15) is 4.79 Å². The zero-order chi connectivity index (χ0) is 15.1. The summed E-state index contributed by atoms with van der Waals surface area (Å²) in [6.45, 7) is 4.60. The Morgan fingerprint density at radius 1 is 1.48 bits per heavy atom. The van der Waals surface area contributed by atoms with Gasteiger partial charge in [-0.2, -0.15) is 0 Å². The predicted molar refractivity (Wildman–Crippen MR) is 85.1 cm³/mol. The first-order chi connectivity index (χ1) is 10.2. The van der Waals surface area contributed by atoms with E-state index in [1.54, 1.807) is 11.3 Å². The standard InChI is InChI=1S/C16H22N2O2S/c1-13-7-9-18(10-8-13)16(20)17-12-15-6-5-14(21-15)4-2-3-11-19/h5-6,13,19H,3,7-12H2,1H3,(H,17,20). The van der Waals surface area contributed by atoms with Crippen molar-refractivity contribution in [2.45, 2.75) is 32.7 Å². The molecule has 2 rings (SSSR count). The fraction of sp³-hybridized carbons (Fsp3) is 0.562. The molecule has 21 heavy (non-hydrogen) atoms. The summed E-state index contributed by atoms with van der Waals surface area (Å²) < 4.78 is 0. The molecular formula is C16H22N2O2S. The van der Waals surface area contributed by atoms with Crippen LogP contribution in [0.1, 0.15) is 35.9 Å². The maximum Gasteiger partial charge on any atom is 0.317 e. The highest BCUT2D eigenvalue weighted by Crippen LogP contribution is 2.17. The summed E-state index contributed by atoms with van der Waals surface area (Å²) in [5.74, 6) is 6.64. The van der Waals surface area contributed by atoms with Crippen LogP contribution < -0.4 is 5.32 Å². The van der Waals surface area contributed by atoms with Crippen LogP contribution in [0.3, 0.4) is 0 Å². The van der Waals surface area contributed by atoms with E-state index in [-0.39, 0.29) is 12.6 Å². The average molecular weight is 306 g/mol. The van der Waals surface area contributed by atoms with Crippen LogP contribution in [0.5, 0.6) is 0 Å². The summed E-state index contributed by atoms with van der Waals surface area (Å²) in [4.78, 5) is 16.0.